The van der Waals surface area contributed by atoms with E-state index in [9.17, 15) is 13.4 Å². The molecule has 4 aromatic rings. The summed E-state index contributed by atoms with van der Waals surface area (Å²) in [5, 5.41) is 5.19. The summed E-state index contributed by atoms with van der Waals surface area (Å²) in [4.78, 5) is 17.3. The molecule has 0 bridgehead atoms. The maximum Gasteiger partial charge on any atom is 0.258 e. The van der Waals surface area contributed by atoms with Crippen molar-refractivity contribution >= 4 is 50.6 Å². The molecule has 8 heteroatoms. The molecule has 0 radical (unpaired) electrons. The molecule has 1 aliphatic rings. The first-order valence-corrected chi connectivity index (χ1v) is 14.5. The van der Waals surface area contributed by atoms with Gasteiger partial charge in [-0.25, -0.2) is 8.60 Å². The number of fused-ring (bicyclic) bond motifs is 1. The molecule has 38 heavy (non-hydrogen) atoms. The number of hydrogen-bond acceptors (Lipinski definition) is 3. The molecule has 5 nitrogen and oxygen atoms in total. The van der Waals surface area contributed by atoms with Crippen molar-refractivity contribution in [1.29, 1.82) is 0 Å². The topological polar surface area (TPSA) is 62.3 Å². The number of carbonyl (C=O) groups is 1. The summed E-state index contributed by atoms with van der Waals surface area (Å²) in [6.45, 7) is 8.85. The molecule has 1 atom stereocenters. The quantitative estimate of drug-likeness (QED) is 0.276. The van der Waals surface area contributed by atoms with Crippen LogP contribution in [0.1, 0.15) is 50.9 Å². The highest BCUT2D eigenvalue weighted by Gasteiger charge is 2.22. The van der Waals surface area contributed by atoms with Crippen molar-refractivity contribution in [3.05, 3.63) is 89.3 Å². The van der Waals surface area contributed by atoms with Crippen molar-refractivity contribution in [1.82, 2.24) is 4.98 Å². The molecule has 1 aromatic heterocycles. The lowest BCUT2D eigenvalue weighted by molar-refractivity contribution is 0.102. The lowest BCUT2D eigenvalue weighted by Crippen LogP contribution is -2.20. The van der Waals surface area contributed by atoms with E-state index in [1.165, 1.54) is 18.6 Å². The molecular formula is C30H33ClFN3O2S. The van der Waals surface area contributed by atoms with Gasteiger partial charge >= 0.3 is 0 Å². The average molecular weight is 554 g/mol. The Bertz CT molecular complexity index is 1420. The summed E-state index contributed by atoms with van der Waals surface area (Å²) in [7, 11) is -1.15. The lowest BCUT2D eigenvalue weighted by atomic mass is 10.0. The highest BCUT2D eigenvalue weighted by molar-refractivity contribution is 7.86. The van der Waals surface area contributed by atoms with Crippen LogP contribution in [-0.2, 0) is 11.0 Å². The fourth-order valence-electron chi connectivity index (χ4n) is 3.95. The zero-order valence-electron chi connectivity index (χ0n) is 22.1. The summed E-state index contributed by atoms with van der Waals surface area (Å²) in [5.41, 5.74) is 2.25. The third kappa shape index (κ3) is 6.77. The predicted octanol–water partition coefficient (Wildman–Crippen LogP) is 8.26. The molecule has 0 spiro atoms. The van der Waals surface area contributed by atoms with Crippen molar-refractivity contribution in [2.75, 3.05) is 21.9 Å². The first-order valence-electron chi connectivity index (χ1n) is 12.8. The Kier molecular flexibility index (Phi) is 10.8. The van der Waals surface area contributed by atoms with E-state index in [4.69, 9.17) is 11.6 Å². The van der Waals surface area contributed by atoms with E-state index < -0.39 is 22.7 Å². The Morgan fingerprint density at radius 2 is 1.82 bits per heavy atom. The molecule has 0 aliphatic carbocycles. The average Bonchev–Trinajstić information content (AvgIpc) is 3.36. The van der Waals surface area contributed by atoms with Gasteiger partial charge in [0.2, 0.25) is 0 Å². The summed E-state index contributed by atoms with van der Waals surface area (Å²) >= 11 is 6.46. The number of aromatic nitrogens is 1. The number of anilines is 2. The smallest absolute Gasteiger partial charge is 0.258 e. The highest BCUT2D eigenvalue weighted by Crippen LogP contribution is 2.34. The Morgan fingerprint density at radius 3 is 2.50 bits per heavy atom. The number of amides is 1. The van der Waals surface area contributed by atoms with Crippen molar-refractivity contribution in [2.45, 2.75) is 40.5 Å². The van der Waals surface area contributed by atoms with E-state index in [1.54, 1.807) is 34.8 Å². The molecular weight excluding hydrogens is 521 g/mol. The van der Waals surface area contributed by atoms with Crippen molar-refractivity contribution in [3.63, 3.8) is 0 Å². The first-order chi connectivity index (χ1) is 18.4. The van der Waals surface area contributed by atoms with E-state index in [1.807, 2.05) is 44.2 Å². The van der Waals surface area contributed by atoms with E-state index in [0.717, 1.165) is 17.2 Å². The number of rotatable bonds is 4. The molecule has 0 saturated carbocycles. The Balaban J connectivity index is 0.000000748. The van der Waals surface area contributed by atoms with E-state index in [-0.39, 0.29) is 5.56 Å². The van der Waals surface area contributed by atoms with Crippen LogP contribution in [0.5, 0.6) is 0 Å². The number of carbonyl (C=O) groups excluding carboxylic acids is 1. The van der Waals surface area contributed by atoms with Gasteiger partial charge in [0, 0.05) is 35.1 Å². The zero-order chi connectivity index (χ0) is 27.7. The second-order valence-electron chi connectivity index (χ2n) is 8.38. The van der Waals surface area contributed by atoms with E-state index in [0.29, 0.717) is 40.0 Å². The number of pyridine rings is 1. The van der Waals surface area contributed by atoms with Gasteiger partial charge in [0.05, 0.1) is 22.0 Å². The fraction of sp³-hybridized carbons (Fsp3) is 0.267. The van der Waals surface area contributed by atoms with Gasteiger partial charge in [-0.15, -0.1) is 0 Å². The summed E-state index contributed by atoms with van der Waals surface area (Å²) in [6, 6.07) is 19.1. The molecule has 1 fully saturated rings. The number of halogens is 2. The van der Waals surface area contributed by atoms with Crippen molar-refractivity contribution in [2.24, 2.45) is 0 Å². The standard InChI is InChI=1S/C25H19ClFN3O2S.C3H8.C2H6/c26-22-9-6-17(14-21(22)24-19-5-2-1-4-16(19)10-11-28-24)29-25(31)20-8-7-18(15-23(20)27)30-12-3-13-33(30)32;1-3-2;1-2/h1-2,4-11,14-15H,3,12-13H2,(H,29,31);3H2,1-2H3;1-2H3. The van der Waals surface area contributed by atoms with Gasteiger partial charge in [0.25, 0.3) is 5.91 Å². The molecule has 5 rings (SSSR count). The van der Waals surface area contributed by atoms with Crippen LogP contribution >= 0.6 is 11.6 Å². The number of nitrogens with zero attached hydrogens (tertiary/aromatic N) is 2. The maximum atomic E-state index is 14.7. The predicted molar refractivity (Wildman–Crippen MR) is 159 cm³/mol. The van der Waals surface area contributed by atoms with Gasteiger partial charge in [-0.3, -0.25) is 14.1 Å². The third-order valence-electron chi connectivity index (χ3n) is 5.56. The van der Waals surface area contributed by atoms with Crippen LogP contribution in [0.2, 0.25) is 5.02 Å². The molecule has 1 N–H and O–H groups in total. The molecule has 1 unspecified atom stereocenters. The molecule has 1 saturated heterocycles. The van der Waals surface area contributed by atoms with Gasteiger partial charge < -0.3 is 5.32 Å². The van der Waals surface area contributed by atoms with Gasteiger partial charge in [0.15, 0.2) is 0 Å². The van der Waals surface area contributed by atoms with Crippen LogP contribution in [0, 0.1) is 5.82 Å². The fourth-order valence-corrected chi connectivity index (χ4v) is 5.44. The SMILES string of the molecule is CC.CCC.O=C(Nc1ccc(Cl)c(-c2nccc3ccccc23)c1)c1ccc(N2CCCS2=O)cc1F. The largest absolute Gasteiger partial charge is 0.322 e. The monoisotopic (exact) mass is 553 g/mol. The number of benzene rings is 3. The van der Waals surface area contributed by atoms with E-state index >= 15 is 0 Å². The van der Waals surface area contributed by atoms with Crippen LogP contribution < -0.4 is 9.62 Å². The number of hydrogen-bond donors (Lipinski definition) is 1. The summed E-state index contributed by atoms with van der Waals surface area (Å²) < 4.78 is 28.4. The maximum absolute atomic E-state index is 14.7. The minimum Gasteiger partial charge on any atom is -0.322 e. The molecule has 3 aromatic carbocycles. The molecule has 2 heterocycles. The Morgan fingerprint density at radius 1 is 1.08 bits per heavy atom. The first kappa shape index (κ1) is 29.3. The summed E-state index contributed by atoms with van der Waals surface area (Å²) in [5.74, 6) is -0.687. The lowest BCUT2D eigenvalue weighted by Gasteiger charge is -2.17. The summed E-state index contributed by atoms with van der Waals surface area (Å²) in [6.07, 6.45) is 3.75. The number of nitrogens with one attached hydrogen (secondary N) is 1. The van der Waals surface area contributed by atoms with Crippen LogP contribution in [0.4, 0.5) is 15.8 Å². The van der Waals surface area contributed by atoms with Gasteiger partial charge in [-0.2, -0.15) is 0 Å². The van der Waals surface area contributed by atoms with Crippen LogP contribution in [0.25, 0.3) is 22.0 Å². The molecule has 200 valence electrons. The third-order valence-corrected chi connectivity index (χ3v) is 7.42. The normalized spacial score (nSPS) is 14.3. The van der Waals surface area contributed by atoms with Crippen LogP contribution in [-0.4, -0.2) is 27.4 Å². The van der Waals surface area contributed by atoms with Crippen molar-refractivity contribution < 1.29 is 13.4 Å². The van der Waals surface area contributed by atoms with Crippen LogP contribution in [0.15, 0.2) is 72.9 Å². The highest BCUT2D eigenvalue weighted by atomic mass is 35.5. The zero-order valence-corrected chi connectivity index (χ0v) is 23.7. The molecule has 1 aliphatic heterocycles. The van der Waals surface area contributed by atoms with Gasteiger partial charge in [0.1, 0.15) is 16.8 Å². The second-order valence-corrected chi connectivity index (χ2v) is 10.3. The van der Waals surface area contributed by atoms with E-state index in [2.05, 4.69) is 24.1 Å². The second kappa shape index (κ2) is 14.0. The van der Waals surface area contributed by atoms with Crippen molar-refractivity contribution in [3.8, 4) is 11.3 Å². The van der Waals surface area contributed by atoms with Crippen LogP contribution in [0.3, 0.4) is 0 Å². The minimum absolute atomic E-state index is 0.0940. The molecule has 1 amide bonds. The minimum atomic E-state index is -1.15. The van der Waals surface area contributed by atoms with Gasteiger partial charge in [-0.1, -0.05) is 70.0 Å². The van der Waals surface area contributed by atoms with Gasteiger partial charge in [-0.05, 0) is 54.3 Å². The Hall–Kier alpha value is -3.29. The Labute approximate surface area is 231 Å².